The SMILES string of the molecule is CC(C1CC1)N(C)CC(=O)c1cccc(Cl)c1. The molecule has 0 bridgehead atoms. The van der Waals surface area contributed by atoms with Crippen LogP contribution in [0.5, 0.6) is 0 Å². The highest BCUT2D eigenvalue weighted by molar-refractivity contribution is 6.31. The molecular formula is C14H18ClNO. The first-order valence-corrected chi connectivity index (χ1v) is 6.44. The quantitative estimate of drug-likeness (QED) is 0.749. The van der Waals surface area contributed by atoms with Crippen molar-refractivity contribution in [2.24, 2.45) is 5.92 Å². The van der Waals surface area contributed by atoms with Crippen molar-refractivity contribution in [2.45, 2.75) is 25.8 Å². The second-order valence-electron chi connectivity index (χ2n) is 4.93. The highest BCUT2D eigenvalue weighted by Gasteiger charge is 2.31. The van der Waals surface area contributed by atoms with Crippen LogP contribution >= 0.6 is 11.6 Å². The van der Waals surface area contributed by atoms with E-state index in [1.807, 2.05) is 19.2 Å². The number of benzene rings is 1. The summed E-state index contributed by atoms with van der Waals surface area (Å²) < 4.78 is 0. The van der Waals surface area contributed by atoms with Crippen LogP contribution in [-0.4, -0.2) is 30.3 Å². The molecule has 2 nitrogen and oxygen atoms in total. The zero-order chi connectivity index (χ0) is 12.4. The summed E-state index contributed by atoms with van der Waals surface area (Å²) in [6.07, 6.45) is 2.60. The van der Waals surface area contributed by atoms with Crippen LogP contribution in [0.3, 0.4) is 0 Å². The van der Waals surface area contributed by atoms with Gasteiger partial charge in [-0.2, -0.15) is 0 Å². The van der Waals surface area contributed by atoms with Gasteiger partial charge in [0.2, 0.25) is 0 Å². The zero-order valence-corrected chi connectivity index (χ0v) is 11.1. The average molecular weight is 252 g/mol. The summed E-state index contributed by atoms with van der Waals surface area (Å²) in [4.78, 5) is 14.2. The lowest BCUT2D eigenvalue weighted by molar-refractivity contribution is 0.0917. The van der Waals surface area contributed by atoms with E-state index in [0.717, 1.165) is 5.92 Å². The lowest BCUT2D eigenvalue weighted by Gasteiger charge is -2.23. The largest absolute Gasteiger partial charge is 0.296 e. The molecule has 0 radical (unpaired) electrons. The molecular weight excluding hydrogens is 234 g/mol. The molecule has 2 rings (SSSR count). The molecule has 0 saturated heterocycles. The summed E-state index contributed by atoms with van der Waals surface area (Å²) in [5.41, 5.74) is 0.701. The van der Waals surface area contributed by atoms with Crippen LogP contribution in [0.2, 0.25) is 5.02 Å². The molecule has 17 heavy (non-hydrogen) atoms. The number of halogens is 1. The Hall–Kier alpha value is -0.860. The van der Waals surface area contributed by atoms with E-state index in [0.29, 0.717) is 23.2 Å². The van der Waals surface area contributed by atoms with Gasteiger partial charge < -0.3 is 0 Å². The van der Waals surface area contributed by atoms with Gasteiger partial charge in [0.15, 0.2) is 5.78 Å². The van der Waals surface area contributed by atoms with Gasteiger partial charge in [-0.25, -0.2) is 0 Å². The van der Waals surface area contributed by atoms with Crippen molar-refractivity contribution >= 4 is 17.4 Å². The molecule has 0 aromatic heterocycles. The van der Waals surface area contributed by atoms with Crippen molar-refractivity contribution in [1.82, 2.24) is 4.90 Å². The third-order valence-corrected chi connectivity index (χ3v) is 3.77. The highest BCUT2D eigenvalue weighted by atomic mass is 35.5. The molecule has 0 spiro atoms. The Bertz CT molecular complexity index is 414. The summed E-state index contributed by atoms with van der Waals surface area (Å²) in [5, 5.41) is 0.619. The number of hydrogen-bond donors (Lipinski definition) is 0. The molecule has 3 heteroatoms. The Morgan fingerprint density at radius 1 is 1.53 bits per heavy atom. The van der Waals surface area contributed by atoms with E-state index < -0.39 is 0 Å². The summed E-state index contributed by atoms with van der Waals surface area (Å²) >= 11 is 5.88. The fraction of sp³-hybridized carbons (Fsp3) is 0.500. The van der Waals surface area contributed by atoms with Crippen molar-refractivity contribution < 1.29 is 4.79 Å². The van der Waals surface area contributed by atoms with Crippen molar-refractivity contribution in [3.63, 3.8) is 0 Å². The molecule has 1 unspecified atom stereocenters. The summed E-state index contributed by atoms with van der Waals surface area (Å²) in [5.74, 6) is 0.926. The third-order valence-electron chi connectivity index (χ3n) is 3.54. The number of ketones is 1. The zero-order valence-electron chi connectivity index (χ0n) is 10.3. The molecule has 1 aliphatic carbocycles. The van der Waals surface area contributed by atoms with E-state index in [4.69, 9.17) is 11.6 Å². The van der Waals surface area contributed by atoms with Gasteiger partial charge in [0.1, 0.15) is 0 Å². The highest BCUT2D eigenvalue weighted by Crippen LogP contribution is 2.34. The predicted octanol–water partition coefficient (Wildman–Crippen LogP) is 3.25. The number of nitrogens with zero attached hydrogens (tertiary/aromatic N) is 1. The molecule has 1 aromatic rings. The van der Waals surface area contributed by atoms with Gasteiger partial charge in [-0.15, -0.1) is 0 Å². The van der Waals surface area contributed by atoms with E-state index in [9.17, 15) is 4.79 Å². The Balaban J connectivity index is 1.96. The van der Waals surface area contributed by atoms with Gasteiger partial charge in [0.25, 0.3) is 0 Å². The minimum atomic E-state index is 0.141. The second-order valence-corrected chi connectivity index (χ2v) is 5.36. The lowest BCUT2D eigenvalue weighted by Crippen LogP contribution is -2.35. The molecule has 0 aliphatic heterocycles. The van der Waals surface area contributed by atoms with E-state index in [-0.39, 0.29) is 5.78 Å². The molecule has 1 aromatic carbocycles. The lowest BCUT2D eigenvalue weighted by atomic mass is 10.1. The van der Waals surface area contributed by atoms with Crippen molar-refractivity contribution in [2.75, 3.05) is 13.6 Å². The molecule has 1 aliphatic rings. The Labute approximate surface area is 108 Å². The topological polar surface area (TPSA) is 20.3 Å². The first-order chi connectivity index (χ1) is 8.08. The molecule has 1 atom stereocenters. The van der Waals surface area contributed by atoms with Gasteiger partial charge >= 0.3 is 0 Å². The number of hydrogen-bond acceptors (Lipinski definition) is 2. The van der Waals surface area contributed by atoms with Crippen LogP contribution in [0.1, 0.15) is 30.1 Å². The molecule has 0 N–H and O–H groups in total. The normalized spacial score (nSPS) is 17.2. The fourth-order valence-corrected chi connectivity index (χ4v) is 2.25. The second kappa shape index (κ2) is 5.19. The first kappa shape index (κ1) is 12.6. The predicted molar refractivity (Wildman–Crippen MR) is 70.6 cm³/mol. The molecule has 0 heterocycles. The van der Waals surface area contributed by atoms with Gasteiger partial charge in [0.05, 0.1) is 6.54 Å². The Kier molecular flexibility index (Phi) is 3.85. The van der Waals surface area contributed by atoms with Crippen LogP contribution in [0.4, 0.5) is 0 Å². The summed E-state index contributed by atoms with van der Waals surface area (Å²) in [7, 11) is 2.02. The first-order valence-electron chi connectivity index (χ1n) is 6.07. The number of rotatable bonds is 5. The molecule has 0 amide bonds. The third kappa shape index (κ3) is 3.30. The smallest absolute Gasteiger partial charge is 0.176 e. The van der Waals surface area contributed by atoms with Crippen molar-refractivity contribution in [3.8, 4) is 0 Å². The monoisotopic (exact) mass is 251 g/mol. The number of carbonyl (C=O) groups excluding carboxylic acids is 1. The number of likely N-dealkylation sites (N-methyl/N-ethyl adjacent to an activating group) is 1. The molecule has 1 saturated carbocycles. The Morgan fingerprint density at radius 2 is 2.24 bits per heavy atom. The fourth-order valence-electron chi connectivity index (χ4n) is 2.06. The minimum absolute atomic E-state index is 0.141. The van der Waals surface area contributed by atoms with Gasteiger partial charge in [-0.3, -0.25) is 9.69 Å². The maximum absolute atomic E-state index is 12.1. The summed E-state index contributed by atoms with van der Waals surface area (Å²) in [6.45, 7) is 2.67. The van der Waals surface area contributed by atoms with E-state index in [1.165, 1.54) is 12.8 Å². The van der Waals surface area contributed by atoms with Gasteiger partial charge in [-0.1, -0.05) is 23.7 Å². The maximum atomic E-state index is 12.1. The van der Waals surface area contributed by atoms with E-state index in [1.54, 1.807) is 12.1 Å². The van der Waals surface area contributed by atoms with E-state index >= 15 is 0 Å². The van der Waals surface area contributed by atoms with Gasteiger partial charge in [0, 0.05) is 16.6 Å². The summed E-state index contributed by atoms with van der Waals surface area (Å²) in [6, 6.07) is 7.66. The molecule has 1 fully saturated rings. The minimum Gasteiger partial charge on any atom is -0.296 e. The standard InChI is InChI=1S/C14H18ClNO/c1-10(11-6-7-11)16(2)9-14(17)12-4-3-5-13(15)8-12/h3-5,8,10-11H,6-7,9H2,1-2H3. The van der Waals surface area contributed by atoms with Crippen LogP contribution in [0, 0.1) is 5.92 Å². The van der Waals surface area contributed by atoms with Crippen LogP contribution < -0.4 is 0 Å². The number of Topliss-reactive ketones (excluding diaryl/α,β-unsaturated/α-hetero) is 1. The molecule has 92 valence electrons. The van der Waals surface area contributed by atoms with Crippen LogP contribution in [0.15, 0.2) is 24.3 Å². The van der Waals surface area contributed by atoms with Crippen molar-refractivity contribution in [3.05, 3.63) is 34.9 Å². The number of carbonyl (C=O) groups is 1. The Morgan fingerprint density at radius 3 is 2.82 bits per heavy atom. The van der Waals surface area contributed by atoms with E-state index in [2.05, 4.69) is 11.8 Å². The van der Waals surface area contributed by atoms with Gasteiger partial charge in [-0.05, 0) is 44.9 Å². The van der Waals surface area contributed by atoms with Crippen LogP contribution in [0.25, 0.3) is 0 Å². The maximum Gasteiger partial charge on any atom is 0.176 e. The average Bonchev–Trinajstić information content (AvgIpc) is 3.11. The van der Waals surface area contributed by atoms with Crippen LogP contribution in [-0.2, 0) is 0 Å². The van der Waals surface area contributed by atoms with Crippen molar-refractivity contribution in [1.29, 1.82) is 0 Å².